The Kier molecular flexibility index (Phi) is 9.65. The molecule has 2 aromatic carbocycles. The SMILES string of the molecule is COc1ccc2ncc(CN)c([C@@H](O)CCC3(CC(=O)O)CCN(CCCc4cc(F)c(F)c(F)c4)CC3)c2c1. The molecule has 40 heavy (non-hydrogen) atoms. The molecule has 216 valence electrons. The van der Waals surface area contributed by atoms with Gasteiger partial charge < -0.3 is 25.6 Å². The van der Waals surface area contributed by atoms with Crippen LogP contribution in [-0.4, -0.2) is 52.8 Å². The third kappa shape index (κ3) is 6.92. The molecule has 0 bridgehead atoms. The number of carboxylic acids is 1. The summed E-state index contributed by atoms with van der Waals surface area (Å²) in [5.41, 5.74) is 8.06. The van der Waals surface area contributed by atoms with E-state index < -0.39 is 34.9 Å². The van der Waals surface area contributed by atoms with Crippen molar-refractivity contribution < 1.29 is 32.9 Å². The smallest absolute Gasteiger partial charge is 0.303 e. The van der Waals surface area contributed by atoms with E-state index in [0.29, 0.717) is 80.6 Å². The van der Waals surface area contributed by atoms with Gasteiger partial charge in [-0.2, -0.15) is 0 Å². The van der Waals surface area contributed by atoms with Crippen LogP contribution in [0.4, 0.5) is 13.2 Å². The molecule has 0 saturated carbocycles. The Hall–Kier alpha value is -3.21. The Morgan fingerprint density at radius 1 is 1.18 bits per heavy atom. The molecular weight excluding hydrogens is 523 g/mol. The Morgan fingerprint density at radius 2 is 1.88 bits per heavy atom. The maximum absolute atomic E-state index is 13.5. The number of halogens is 3. The highest BCUT2D eigenvalue weighted by atomic mass is 19.2. The summed E-state index contributed by atoms with van der Waals surface area (Å²) in [6.07, 6.45) is 4.08. The standard InChI is InChI=1S/C30H36F3N3O4/c1-40-21-4-5-25-22(15-21)28(20(17-34)18-35-25)26(37)6-7-30(16-27(38)39)8-11-36(12-9-30)10-2-3-19-13-23(31)29(33)24(32)14-19/h4-5,13-15,18,26,37H,2-3,6-12,16-17,34H2,1H3,(H,38,39)/t26-/m0/s1. The van der Waals surface area contributed by atoms with Gasteiger partial charge in [-0.1, -0.05) is 0 Å². The number of rotatable bonds is 12. The fourth-order valence-corrected chi connectivity index (χ4v) is 5.85. The van der Waals surface area contributed by atoms with Gasteiger partial charge in [-0.3, -0.25) is 9.78 Å². The van der Waals surface area contributed by atoms with Gasteiger partial charge >= 0.3 is 5.97 Å². The third-order valence-electron chi connectivity index (χ3n) is 8.13. The lowest BCUT2D eigenvalue weighted by Gasteiger charge is -2.41. The second kappa shape index (κ2) is 13.0. The Bertz CT molecular complexity index is 1320. The van der Waals surface area contributed by atoms with Crippen LogP contribution in [0.3, 0.4) is 0 Å². The second-order valence-corrected chi connectivity index (χ2v) is 10.7. The van der Waals surface area contributed by atoms with Crippen molar-refractivity contribution in [1.29, 1.82) is 0 Å². The molecule has 1 aromatic heterocycles. The minimum absolute atomic E-state index is 0.0103. The zero-order chi connectivity index (χ0) is 28.9. The number of piperidine rings is 1. The lowest BCUT2D eigenvalue weighted by molar-refractivity contribution is -0.141. The number of carbonyl (C=O) groups is 1. The number of hydrogen-bond acceptors (Lipinski definition) is 6. The van der Waals surface area contributed by atoms with E-state index in [-0.39, 0.29) is 13.0 Å². The van der Waals surface area contributed by atoms with Crippen LogP contribution in [0.15, 0.2) is 36.5 Å². The van der Waals surface area contributed by atoms with Crippen LogP contribution < -0.4 is 10.5 Å². The van der Waals surface area contributed by atoms with Gasteiger partial charge in [0.2, 0.25) is 0 Å². The van der Waals surface area contributed by atoms with Gasteiger partial charge in [0.25, 0.3) is 0 Å². The molecule has 1 saturated heterocycles. The number of aliphatic hydroxyl groups excluding tert-OH is 1. The molecule has 1 aliphatic heterocycles. The molecule has 1 fully saturated rings. The predicted octanol–water partition coefficient (Wildman–Crippen LogP) is 5.12. The zero-order valence-corrected chi connectivity index (χ0v) is 22.6. The predicted molar refractivity (Wildman–Crippen MR) is 145 cm³/mol. The first kappa shape index (κ1) is 29.8. The number of aliphatic carboxylic acids is 1. The summed E-state index contributed by atoms with van der Waals surface area (Å²) in [7, 11) is 1.57. The number of aryl methyl sites for hydroxylation is 1. The Balaban J connectivity index is 1.40. The average Bonchev–Trinajstić information content (AvgIpc) is 2.94. The van der Waals surface area contributed by atoms with Crippen molar-refractivity contribution in [3.05, 3.63) is 70.7 Å². The third-order valence-corrected chi connectivity index (χ3v) is 8.13. The molecule has 10 heteroatoms. The van der Waals surface area contributed by atoms with Crippen LogP contribution in [0.5, 0.6) is 5.75 Å². The summed E-state index contributed by atoms with van der Waals surface area (Å²) in [4.78, 5) is 18.5. The van der Waals surface area contributed by atoms with Gasteiger partial charge in [-0.25, -0.2) is 13.2 Å². The molecule has 0 spiro atoms. The number of hydrogen-bond donors (Lipinski definition) is 3. The number of carboxylic acid groups (broad SMARTS) is 1. The highest BCUT2D eigenvalue weighted by Crippen LogP contribution is 2.42. The molecule has 2 heterocycles. The van der Waals surface area contributed by atoms with Crippen molar-refractivity contribution in [3.8, 4) is 5.75 Å². The number of methoxy groups -OCH3 is 1. The maximum Gasteiger partial charge on any atom is 0.303 e. The number of benzene rings is 2. The average molecular weight is 560 g/mol. The van der Waals surface area contributed by atoms with E-state index in [2.05, 4.69) is 9.88 Å². The molecule has 1 atom stereocenters. The van der Waals surface area contributed by atoms with Gasteiger partial charge in [-0.05, 0) is 111 Å². The van der Waals surface area contributed by atoms with Crippen LogP contribution in [0.2, 0.25) is 0 Å². The molecule has 0 amide bonds. The van der Waals surface area contributed by atoms with E-state index >= 15 is 0 Å². The molecule has 0 unspecified atom stereocenters. The van der Waals surface area contributed by atoms with E-state index in [9.17, 15) is 28.2 Å². The normalized spacial score (nSPS) is 16.2. The van der Waals surface area contributed by atoms with Crippen LogP contribution in [0.1, 0.15) is 61.3 Å². The monoisotopic (exact) mass is 559 g/mol. The lowest BCUT2D eigenvalue weighted by Crippen LogP contribution is -2.41. The number of aliphatic hydroxyl groups is 1. The summed E-state index contributed by atoms with van der Waals surface area (Å²) < 4.78 is 45.6. The van der Waals surface area contributed by atoms with Crippen molar-refractivity contribution in [2.75, 3.05) is 26.7 Å². The van der Waals surface area contributed by atoms with Crippen molar-refractivity contribution in [1.82, 2.24) is 9.88 Å². The molecule has 0 aliphatic carbocycles. The van der Waals surface area contributed by atoms with Crippen LogP contribution in [0.25, 0.3) is 10.9 Å². The van der Waals surface area contributed by atoms with Crippen molar-refractivity contribution >= 4 is 16.9 Å². The topological polar surface area (TPSA) is 109 Å². The van der Waals surface area contributed by atoms with Crippen molar-refractivity contribution in [3.63, 3.8) is 0 Å². The van der Waals surface area contributed by atoms with E-state index in [1.54, 1.807) is 19.4 Å². The maximum atomic E-state index is 13.5. The molecule has 4 rings (SSSR count). The number of fused-ring (bicyclic) bond motifs is 1. The molecular formula is C30H36F3N3O4. The molecule has 0 radical (unpaired) electrons. The Labute approximate surface area is 231 Å². The van der Waals surface area contributed by atoms with Crippen LogP contribution in [0, 0.1) is 22.9 Å². The van der Waals surface area contributed by atoms with E-state index in [4.69, 9.17) is 10.5 Å². The minimum Gasteiger partial charge on any atom is -0.497 e. The largest absolute Gasteiger partial charge is 0.497 e. The summed E-state index contributed by atoms with van der Waals surface area (Å²) in [6.45, 7) is 2.24. The number of nitrogens with zero attached hydrogens (tertiary/aromatic N) is 2. The molecule has 4 N–H and O–H groups in total. The number of pyridine rings is 1. The van der Waals surface area contributed by atoms with Gasteiger partial charge in [0.1, 0.15) is 5.75 Å². The first-order chi connectivity index (χ1) is 19.1. The highest BCUT2D eigenvalue weighted by Gasteiger charge is 2.37. The molecule has 3 aromatic rings. The first-order valence-corrected chi connectivity index (χ1v) is 13.6. The number of nitrogens with two attached hydrogens (primary N) is 1. The lowest BCUT2D eigenvalue weighted by atomic mass is 9.71. The minimum atomic E-state index is -1.46. The van der Waals surface area contributed by atoms with Crippen LogP contribution in [-0.2, 0) is 17.8 Å². The Morgan fingerprint density at radius 3 is 2.50 bits per heavy atom. The van der Waals surface area contributed by atoms with Crippen molar-refractivity contribution in [2.45, 2.75) is 57.6 Å². The summed E-state index contributed by atoms with van der Waals surface area (Å²) in [5, 5.41) is 21.8. The van der Waals surface area contributed by atoms with E-state index in [1.807, 2.05) is 12.1 Å². The van der Waals surface area contributed by atoms with Crippen molar-refractivity contribution in [2.24, 2.45) is 11.1 Å². The quantitative estimate of drug-likeness (QED) is 0.264. The van der Waals surface area contributed by atoms with Gasteiger partial charge in [0, 0.05) is 18.1 Å². The number of likely N-dealkylation sites (tertiary alicyclic amines) is 1. The summed E-state index contributed by atoms with van der Waals surface area (Å²) in [6, 6.07) is 7.51. The van der Waals surface area contributed by atoms with E-state index in [0.717, 1.165) is 23.1 Å². The summed E-state index contributed by atoms with van der Waals surface area (Å²) >= 11 is 0. The van der Waals surface area contributed by atoms with Gasteiger partial charge in [0.05, 0.1) is 25.2 Å². The fraction of sp³-hybridized carbons (Fsp3) is 0.467. The van der Waals surface area contributed by atoms with Gasteiger partial charge in [0.15, 0.2) is 17.5 Å². The van der Waals surface area contributed by atoms with Gasteiger partial charge in [-0.15, -0.1) is 0 Å². The zero-order valence-electron chi connectivity index (χ0n) is 22.6. The fourth-order valence-electron chi connectivity index (χ4n) is 5.85. The van der Waals surface area contributed by atoms with E-state index in [1.165, 1.54) is 0 Å². The summed E-state index contributed by atoms with van der Waals surface area (Å²) in [5.74, 6) is -4.07. The number of ether oxygens (including phenoxy) is 1. The van der Waals surface area contributed by atoms with Crippen LogP contribution >= 0.6 is 0 Å². The highest BCUT2D eigenvalue weighted by molar-refractivity contribution is 5.85. The molecule has 7 nitrogen and oxygen atoms in total. The first-order valence-electron chi connectivity index (χ1n) is 13.6. The number of aromatic nitrogens is 1. The second-order valence-electron chi connectivity index (χ2n) is 10.7. The molecule has 1 aliphatic rings.